The summed E-state index contributed by atoms with van der Waals surface area (Å²) < 4.78 is 0. The zero-order chi connectivity index (χ0) is 14.8. The van der Waals surface area contributed by atoms with E-state index in [-0.39, 0.29) is 23.7 Å². The maximum atomic E-state index is 12.5. The molecule has 1 unspecified atom stereocenters. The Hall–Kier alpha value is -2.13. The molecule has 0 spiro atoms. The summed E-state index contributed by atoms with van der Waals surface area (Å²) in [6, 6.07) is 20.5. The minimum absolute atomic E-state index is 0.0419. The van der Waals surface area contributed by atoms with Crippen molar-refractivity contribution in [2.75, 3.05) is 14.2 Å². The van der Waals surface area contributed by atoms with E-state index < -0.39 is 0 Å². The molecule has 0 aromatic heterocycles. The number of carbonyl (C=O) groups is 1. The van der Waals surface area contributed by atoms with Gasteiger partial charge in [-0.3, -0.25) is 9.63 Å². The largest absolute Gasteiger partial charge is 0.275 e. The first-order valence-electron chi connectivity index (χ1n) is 7.15. The molecule has 0 heterocycles. The lowest BCUT2D eigenvalue weighted by Gasteiger charge is -2.13. The second kappa shape index (κ2) is 5.70. The van der Waals surface area contributed by atoms with Crippen LogP contribution in [0.2, 0.25) is 0 Å². The van der Waals surface area contributed by atoms with Crippen molar-refractivity contribution in [2.24, 2.45) is 5.92 Å². The van der Waals surface area contributed by atoms with Crippen LogP contribution in [0.15, 0.2) is 60.7 Å². The van der Waals surface area contributed by atoms with Crippen LogP contribution in [-0.4, -0.2) is 25.1 Å². The standard InChI is InChI=1S/C18H19NO2/c1-19(21-2)18(20)17-15(13-9-5-3-6-10-13)16(17)14-11-7-4-8-12-14/h3-12,15-17H,1-2H3/t15-,16+,17?. The van der Waals surface area contributed by atoms with Gasteiger partial charge in [0.2, 0.25) is 5.91 Å². The Bertz CT molecular complexity index is 566. The maximum absolute atomic E-state index is 12.5. The Morgan fingerprint density at radius 1 is 0.905 bits per heavy atom. The highest BCUT2D eigenvalue weighted by Gasteiger charge is 2.56. The van der Waals surface area contributed by atoms with Gasteiger partial charge >= 0.3 is 0 Å². The van der Waals surface area contributed by atoms with Gasteiger partial charge in [-0.25, -0.2) is 5.06 Å². The highest BCUT2D eigenvalue weighted by atomic mass is 16.7. The molecular weight excluding hydrogens is 262 g/mol. The fraction of sp³-hybridized carbons (Fsp3) is 0.278. The second-order valence-electron chi connectivity index (χ2n) is 5.42. The molecule has 0 bridgehead atoms. The van der Waals surface area contributed by atoms with E-state index in [0.717, 1.165) is 0 Å². The van der Waals surface area contributed by atoms with E-state index in [2.05, 4.69) is 24.3 Å². The molecule has 2 aromatic carbocycles. The van der Waals surface area contributed by atoms with E-state index in [1.807, 2.05) is 36.4 Å². The van der Waals surface area contributed by atoms with Gasteiger partial charge in [0, 0.05) is 18.9 Å². The van der Waals surface area contributed by atoms with Crippen LogP contribution >= 0.6 is 0 Å². The molecule has 3 rings (SSSR count). The van der Waals surface area contributed by atoms with Gasteiger partial charge in [-0.15, -0.1) is 0 Å². The molecule has 3 nitrogen and oxygen atoms in total. The summed E-state index contributed by atoms with van der Waals surface area (Å²) in [6.45, 7) is 0. The lowest BCUT2D eigenvalue weighted by Crippen LogP contribution is -2.27. The van der Waals surface area contributed by atoms with Gasteiger partial charge in [0.15, 0.2) is 0 Å². The number of carbonyl (C=O) groups excluding carboxylic acids is 1. The number of hydroxylamine groups is 2. The molecule has 3 atom stereocenters. The molecular formula is C18H19NO2. The average Bonchev–Trinajstić information content (AvgIpc) is 3.30. The first-order chi connectivity index (χ1) is 10.2. The third kappa shape index (κ3) is 2.57. The molecule has 0 saturated heterocycles. The summed E-state index contributed by atoms with van der Waals surface area (Å²) in [7, 11) is 3.19. The molecule has 1 saturated carbocycles. The molecule has 3 heteroatoms. The number of nitrogens with zero attached hydrogens (tertiary/aromatic N) is 1. The number of benzene rings is 2. The predicted octanol–water partition coefficient (Wildman–Crippen LogP) is 3.20. The van der Waals surface area contributed by atoms with Gasteiger partial charge < -0.3 is 0 Å². The van der Waals surface area contributed by atoms with E-state index in [9.17, 15) is 4.79 Å². The Morgan fingerprint density at radius 2 is 1.33 bits per heavy atom. The summed E-state index contributed by atoms with van der Waals surface area (Å²) in [6.07, 6.45) is 0. The minimum Gasteiger partial charge on any atom is -0.275 e. The molecule has 21 heavy (non-hydrogen) atoms. The summed E-state index contributed by atoms with van der Waals surface area (Å²) >= 11 is 0. The zero-order valence-corrected chi connectivity index (χ0v) is 12.3. The molecule has 0 radical (unpaired) electrons. The number of hydrogen-bond donors (Lipinski definition) is 0. The summed E-state index contributed by atoms with van der Waals surface area (Å²) in [5.41, 5.74) is 2.43. The van der Waals surface area contributed by atoms with Crippen LogP contribution in [0.25, 0.3) is 0 Å². The Labute approximate surface area is 125 Å². The van der Waals surface area contributed by atoms with Crippen LogP contribution in [0.3, 0.4) is 0 Å². The van der Waals surface area contributed by atoms with Crippen molar-refractivity contribution in [3.05, 3.63) is 71.8 Å². The molecule has 0 aliphatic heterocycles. The van der Waals surface area contributed by atoms with Gasteiger partial charge in [-0.05, 0) is 11.1 Å². The predicted molar refractivity (Wildman–Crippen MR) is 81.6 cm³/mol. The van der Waals surface area contributed by atoms with Crippen LogP contribution in [0.5, 0.6) is 0 Å². The SMILES string of the molecule is CON(C)C(=O)C1[C@@H](c2ccccc2)[C@H]1c1ccccc1. The summed E-state index contributed by atoms with van der Waals surface area (Å²) in [5.74, 6) is 0.470. The van der Waals surface area contributed by atoms with Crippen molar-refractivity contribution < 1.29 is 9.63 Å². The van der Waals surface area contributed by atoms with Gasteiger partial charge in [0.1, 0.15) is 0 Å². The van der Waals surface area contributed by atoms with Crippen molar-refractivity contribution in [2.45, 2.75) is 11.8 Å². The van der Waals surface area contributed by atoms with Gasteiger partial charge in [-0.1, -0.05) is 60.7 Å². The lowest BCUT2D eigenvalue weighted by molar-refractivity contribution is -0.170. The smallest absolute Gasteiger partial charge is 0.250 e. The molecule has 1 aliphatic carbocycles. The third-order valence-electron chi connectivity index (χ3n) is 4.26. The van der Waals surface area contributed by atoms with E-state index in [1.54, 1.807) is 7.05 Å². The van der Waals surface area contributed by atoms with Crippen molar-refractivity contribution in [3.63, 3.8) is 0 Å². The quantitative estimate of drug-likeness (QED) is 0.805. The fourth-order valence-corrected chi connectivity index (χ4v) is 3.10. The first-order valence-corrected chi connectivity index (χ1v) is 7.15. The van der Waals surface area contributed by atoms with Crippen LogP contribution in [0, 0.1) is 5.92 Å². The van der Waals surface area contributed by atoms with E-state index in [4.69, 9.17) is 4.84 Å². The van der Waals surface area contributed by atoms with E-state index >= 15 is 0 Å². The normalized spacial score (nSPS) is 23.6. The third-order valence-corrected chi connectivity index (χ3v) is 4.26. The van der Waals surface area contributed by atoms with Crippen LogP contribution in [-0.2, 0) is 9.63 Å². The highest BCUT2D eigenvalue weighted by molar-refractivity contribution is 5.84. The fourth-order valence-electron chi connectivity index (χ4n) is 3.10. The Kier molecular flexibility index (Phi) is 3.76. The molecule has 1 amide bonds. The summed E-state index contributed by atoms with van der Waals surface area (Å²) in [5, 5.41) is 1.34. The van der Waals surface area contributed by atoms with Gasteiger partial charge in [0.05, 0.1) is 13.0 Å². The number of rotatable bonds is 4. The zero-order valence-electron chi connectivity index (χ0n) is 12.3. The minimum atomic E-state index is -0.0419. The topological polar surface area (TPSA) is 29.5 Å². The van der Waals surface area contributed by atoms with Crippen molar-refractivity contribution >= 4 is 5.91 Å². The van der Waals surface area contributed by atoms with Crippen LogP contribution in [0.1, 0.15) is 23.0 Å². The first kappa shape index (κ1) is 13.8. The average molecular weight is 281 g/mol. The summed E-state index contributed by atoms with van der Waals surface area (Å²) in [4.78, 5) is 17.6. The maximum Gasteiger partial charge on any atom is 0.250 e. The molecule has 1 fully saturated rings. The van der Waals surface area contributed by atoms with E-state index in [0.29, 0.717) is 0 Å². The number of amides is 1. The Morgan fingerprint density at radius 3 is 1.71 bits per heavy atom. The molecule has 1 aliphatic rings. The van der Waals surface area contributed by atoms with Crippen LogP contribution in [0.4, 0.5) is 0 Å². The van der Waals surface area contributed by atoms with Gasteiger partial charge in [-0.2, -0.15) is 0 Å². The van der Waals surface area contributed by atoms with Crippen molar-refractivity contribution in [3.8, 4) is 0 Å². The van der Waals surface area contributed by atoms with Gasteiger partial charge in [0.25, 0.3) is 0 Å². The lowest BCUT2D eigenvalue weighted by atomic mass is 10.0. The molecule has 2 aromatic rings. The second-order valence-corrected chi connectivity index (χ2v) is 5.42. The van der Waals surface area contributed by atoms with Crippen LogP contribution < -0.4 is 0 Å². The Balaban J connectivity index is 1.91. The molecule has 0 N–H and O–H groups in total. The van der Waals surface area contributed by atoms with Crippen molar-refractivity contribution in [1.82, 2.24) is 5.06 Å². The monoisotopic (exact) mass is 281 g/mol. The highest BCUT2D eigenvalue weighted by Crippen LogP contribution is 2.60. The van der Waals surface area contributed by atoms with Crippen molar-refractivity contribution in [1.29, 1.82) is 0 Å². The van der Waals surface area contributed by atoms with E-state index in [1.165, 1.54) is 23.3 Å². The number of hydrogen-bond acceptors (Lipinski definition) is 2. The molecule has 108 valence electrons.